The molecule has 2 heterocycles. The molecule has 13 heteroatoms. The molecule has 33 heavy (non-hydrogen) atoms. The van der Waals surface area contributed by atoms with Crippen LogP contribution in [0, 0.1) is 10.1 Å². The fourth-order valence-electron chi connectivity index (χ4n) is 3.65. The Kier molecular flexibility index (Phi) is 6.62. The highest BCUT2D eigenvalue weighted by atomic mass is 32.2. The van der Waals surface area contributed by atoms with Crippen LogP contribution in [-0.4, -0.2) is 75.5 Å². The van der Waals surface area contributed by atoms with Gasteiger partial charge in [0.2, 0.25) is 10.0 Å². The molecule has 2 aromatic carbocycles. The highest BCUT2D eigenvalue weighted by Crippen LogP contribution is 2.27. The Bertz CT molecular complexity index is 1220. The summed E-state index contributed by atoms with van der Waals surface area (Å²) in [5.74, 6) is 1.38. The van der Waals surface area contributed by atoms with Gasteiger partial charge in [-0.05, 0) is 47.7 Å². The van der Waals surface area contributed by atoms with E-state index in [0.717, 1.165) is 11.4 Å². The zero-order chi connectivity index (χ0) is 23.4. The Morgan fingerprint density at radius 2 is 1.76 bits per heavy atom. The molecule has 0 atom stereocenters. The van der Waals surface area contributed by atoms with Gasteiger partial charge in [0.05, 0.1) is 23.8 Å². The maximum Gasteiger partial charge on any atom is 0.289 e. The fourth-order valence-corrected chi connectivity index (χ4v) is 5.23. The summed E-state index contributed by atoms with van der Waals surface area (Å²) in [6.07, 6.45) is 0. The molecule has 0 saturated carbocycles. The second-order valence-corrected chi connectivity index (χ2v) is 9.25. The summed E-state index contributed by atoms with van der Waals surface area (Å²) >= 11 is 0. The zero-order valence-electron chi connectivity index (χ0n) is 17.9. The first-order valence-electron chi connectivity index (χ1n) is 10.4. The number of hydrogen-bond acceptors (Lipinski definition) is 9. The Morgan fingerprint density at radius 1 is 1.06 bits per heavy atom. The predicted octanol–water partition coefficient (Wildman–Crippen LogP) is 1.48. The van der Waals surface area contributed by atoms with Gasteiger partial charge in [-0.2, -0.15) is 8.99 Å². The number of aromatic nitrogens is 4. The third kappa shape index (κ3) is 4.84. The Labute approximate surface area is 190 Å². The molecule has 0 unspecified atom stereocenters. The molecule has 1 aliphatic heterocycles. The lowest BCUT2D eigenvalue weighted by atomic mass is 10.3. The molecule has 4 rings (SSSR count). The predicted molar refractivity (Wildman–Crippen MR) is 117 cm³/mol. The molecule has 1 aliphatic rings. The molecule has 12 nitrogen and oxygen atoms in total. The second-order valence-electron chi connectivity index (χ2n) is 7.34. The van der Waals surface area contributed by atoms with E-state index in [0.29, 0.717) is 32.1 Å². The van der Waals surface area contributed by atoms with Gasteiger partial charge in [0.15, 0.2) is 10.7 Å². The second kappa shape index (κ2) is 9.60. The first kappa shape index (κ1) is 22.8. The third-order valence-electron chi connectivity index (χ3n) is 5.30. The number of tetrazole rings is 1. The largest absolute Gasteiger partial charge is 0.494 e. The van der Waals surface area contributed by atoms with Crippen LogP contribution in [0.15, 0.2) is 53.4 Å². The summed E-state index contributed by atoms with van der Waals surface area (Å²) in [5.41, 5.74) is 0.366. The molecule has 3 aromatic rings. The minimum atomic E-state index is -3.98. The van der Waals surface area contributed by atoms with Crippen LogP contribution in [0.5, 0.6) is 5.75 Å². The molecular formula is C20H23N7O5S. The molecular weight excluding hydrogens is 450 g/mol. The molecule has 0 bridgehead atoms. The van der Waals surface area contributed by atoms with Crippen molar-refractivity contribution in [3.8, 4) is 11.4 Å². The number of benzene rings is 2. The molecule has 1 aromatic heterocycles. The Balaban J connectivity index is 1.43. The van der Waals surface area contributed by atoms with Crippen LogP contribution in [0.25, 0.3) is 5.69 Å². The first-order chi connectivity index (χ1) is 15.9. The number of sulfonamides is 1. The zero-order valence-corrected chi connectivity index (χ0v) is 18.8. The third-order valence-corrected chi connectivity index (χ3v) is 7.25. The van der Waals surface area contributed by atoms with E-state index in [-0.39, 0.29) is 18.0 Å². The molecule has 0 N–H and O–H groups in total. The summed E-state index contributed by atoms with van der Waals surface area (Å²) in [7, 11) is -3.98. The van der Waals surface area contributed by atoms with Gasteiger partial charge in [0, 0.05) is 32.2 Å². The van der Waals surface area contributed by atoms with E-state index in [2.05, 4.69) is 15.5 Å². The van der Waals surface area contributed by atoms with Gasteiger partial charge in [0.25, 0.3) is 5.69 Å². The van der Waals surface area contributed by atoms with Gasteiger partial charge in [-0.25, -0.2) is 8.42 Å². The molecule has 0 radical (unpaired) electrons. The summed E-state index contributed by atoms with van der Waals surface area (Å²) in [5, 5.41) is 23.2. The van der Waals surface area contributed by atoms with Crippen molar-refractivity contribution in [1.82, 2.24) is 29.4 Å². The minimum Gasteiger partial charge on any atom is -0.494 e. The number of para-hydroxylation sites is 1. The van der Waals surface area contributed by atoms with E-state index < -0.39 is 20.6 Å². The Morgan fingerprint density at radius 3 is 2.42 bits per heavy atom. The lowest BCUT2D eigenvalue weighted by molar-refractivity contribution is -0.387. The molecule has 1 saturated heterocycles. The van der Waals surface area contributed by atoms with E-state index in [4.69, 9.17) is 4.74 Å². The summed E-state index contributed by atoms with van der Waals surface area (Å²) in [4.78, 5) is 12.3. The average molecular weight is 474 g/mol. The smallest absolute Gasteiger partial charge is 0.289 e. The highest BCUT2D eigenvalue weighted by Gasteiger charge is 2.33. The van der Waals surface area contributed by atoms with Gasteiger partial charge in [-0.3, -0.25) is 15.0 Å². The van der Waals surface area contributed by atoms with Crippen molar-refractivity contribution < 1.29 is 18.1 Å². The maximum atomic E-state index is 13.0. The number of ether oxygens (including phenoxy) is 1. The van der Waals surface area contributed by atoms with Crippen LogP contribution >= 0.6 is 0 Å². The van der Waals surface area contributed by atoms with E-state index in [9.17, 15) is 18.5 Å². The van der Waals surface area contributed by atoms with Gasteiger partial charge in [0.1, 0.15) is 5.75 Å². The van der Waals surface area contributed by atoms with E-state index in [1.165, 1.54) is 28.6 Å². The highest BCUT2D eigenvalue weighted by molar-refractivity contribution is 7.89. The average Bonchev–Trinajstić information content (AvgIpc) is 3.28. The standard InChI is InChI=1S/C20H23N7O5S/c1-2-32-17-9-7-16(8-10-17)26-20(21-22-23-26)15-24-11-13-25(14-12-24)33(30,31)19-6-4-3-5-18(19)27(28)29/h3-10H,2,11-15H2,1H3. The van der Waals surface area contributed by atoms with E-state index in [1.807, 2.05) is 36.1 Å². The van der Waals surface area contributed by atoms with Crippen molar-refractivity contribution in [2.24, 2.45) is 0 Å². The number of rotatable bonds is 8. The molecule has 174 valence electrons. The number of nitrogens with zero attached hydrogens (tertiary/aromatic N) is 7. The monoisotopic (exact) mass is 473 g/mol. The molecule has 0 spiro atoms. The van der Waals surface area contributed by atoms with Crippen LogP contribution in [0.1, 0.15) is 12.7 Å². The summed E-state index contributed by atoms with van der Waals surface area (Å²) in [6.45, 7) is 4.22. The summed E-state index contributed by atoms with van der Waals surface area (Å²) in [6, 6.07) is 12.8. The Hall–Kier alpha value is -3.42. The quantitative estimate of drug-likeness (QED) is 0.352. The number of nitro benzene ring substituents is 1. The van der Waals surface area contributed by atoms with Crippen LogP contribution in [0.3, 0.4) is 0 Å². The van der Waals surface area contributed by atoms with Gasteiger partial charge < -0.3 is 4.74 Å². The molecule has 1 fully saturated rings. The van der Waals surface area contributed by atoms with Crippen LogP contribution in [-0.2, 0) is 16.6 Å². The SMILES string of the molecule is CCOc1ccc(-n2nnnc2CN2CCN(S(=O)(=O)c3ccccc3[N+](=O)[O-])CC2)cc1. The van der Waals surface area contributed by atoms with Crippen molar-refractivity contribution in [1.29, 1.82) is 0 Å². The van der Waals surface area contributed by atoms with Crippen molar-refractivity contribution >= 4 is 15.7 Å². The first-order valence-corrected chi connectivity index (χ1v) is 11.8. The van der Waals surface area contributed by atoms with Crippen LogP contribution in [0.2, 0.25) is 0 Å². The maximum absolute atomic E-state index is 13.0. The normalized spacial score (nSPS) is 15.4. The van der Waals surface area contributed by atoms with Crippen molar-refractivity contribution in [3.63, 3.8) is 0 Å². The fraction of sp³-hybridized carbons (Fsp3) is 0.350. The number of piperazine rings is 1. The number of hydrogen-bond donors (Lipinski definition) is 0. The molecule has 0 amide bonds. The van der Waals surface area contributed by atoms with Gasteiger partial charge in [-0.1, -0.05) is 12.1 Å². The van der Waals surface area contributed by atoms with Crippen molar-refractivity contribution in [2.75, 3.05) is 32.8 Å². The minimum absolute atomic E-state index is 0.207. The van der Waals surface area contributed by atoms with Gasteiger partial charge >= 0.3 is 0 Å². The lowest BCUT2D eigenvalue weighted by Gasteiger charge is -2.33. The van der Waals surface area contributed by atoms with E-state index in [1.54, 1.807) is 4.68 Å². The van der Waals surface area contributed by atoms with Crippen LogP contribution < -0.4 is 4.74 Å². The lowest BCUT2D eigenvalue weighted by Crippen LogP contribution is -2.48. The van der Waals surface area contributed by atoms with Gasteiger partial charge in [-0.15, -0.1) is 5.10 Å². The van der Waals surface area contributed by atoms with Crippen molar-refractivity contribution in [3.05, 3.63) is 64.5 Å². The van der Waals surface area contributed by atoms with Crippen molar-refractivity contribution in [2.45, 2.75) is 18.4 Å². The number of nitro groups is 1. The van der Waals surface area contributed by atoms with E-state index >= 15 is 0 Å². The topological polar surface area (TPSA) is 137 Å². The summed E-state index contributed by atoms with van der Waals surface area (Å²) < 4.78 is 34.4. The molecule has 0 aliphatic carbocycles. The van der Waals surface area contributed by atoms with Crippen LogP contribution in [0.4, 0.5) is 5.69 Å².